The zero-order chi connectivity index (χ0) is 9.84. The Morgan fingerprint density at radius 1 is 1.46 bits per heavy atom. The summed E-state index contributed by atoms with van der Waals surface area (Å²) >= 11 is 0. The van der Waals surface area contributed by atoms with Crippen LogP contribution in [0.3, 0.4) is 0 Å². The Hall–Kier alpha value is -1.78. The summed E-state index contributed by atoms with van der Waals surface area (Å²) in [5.41, 5.74) is 0.201. The normalized spacial score (nSPS) is 9.38. The van der Waals surface area contributed by atoms with Crippen LogP contribution in [-0.4, -0.2) is 30.3 Å². The van der Waals surface area contributed by atoms with Gasteiger partial charge in [0.05, 0.1) is 19.8 Å². The van der Waals surface area contributed by atoms with E-state index in [0.29, 0.717) is 0 Å². The summed E-state index contributed by atoms with van der Waals surface area (Å²) < 4.78 is 9.21. The molecule has 0 aliphatic carbocycles. The van der Waals surface area contributed by atoms with E-state index in [1.807, 2.05) is 0 Å². The van der Waals surface area contributed by atoms with Gasteiger partial charge in [0.1, 0.15) is 0 Å². The first-order valence-corrected chi connectivity index (χ1v) is 3.50. The number of ether oxygens (including phenoxy) is 2. The summed E-state index contributed by atoms with van der Waals surface area (Å²) in [6.45, 7) is 0. The van der Waals surface area contributed by atoms with E-state index in [2.05, 4.69) is 9.72 Å². The maximum absolute atomic E-state index is 11.0. The van der Waals surface area contributed by atoms with E-state index in [0.717, 1.165) is 0 Å². The van der Waals surface area contributed by atoms with Gasteiger partial charge in [-0.2, -0.15) is 4.98 Å². The van der Waals surface area contributed by atoms with Gasteiger partial charge in [-0.1, -0.05) is 0 Å². The molecule has 0 aliphatic rings. The van der Waals surface area contributed by atoms with Crippen LogP contribution >= 0.6 is 0 Å². The summed E-state index contributed by atoms with van der Waals surface area (Å²) in [4.78, 5) is 14.6. The molecular formula is C8H9NO4. The highest BCUT2D eigenvalue weighted by molar-refractivity contribution is 5.89. The molecule has 1 aromatic rings. The molecule has 0 amide bonds. The highest BCUT2D eigenvalue weighted by atomic mass is 16.5. The highest BCUT2D eigenvalue weighted by Gasteiger charge is 2.09. The molecular weight excluding hydrogens is 174 g/mol. The van der Waals surface area contributed by atoms with Crippen molar-refractivity contribution in [2.24, 2.45) is 0 Å². The summed E-state index contributed by atoms with van der Waals surface area (Å²) in [5.74, 6) is -0.656. The lowest BCUT2D eigenvalue weighted by Gasteiger charge is -2.02. The molecule has 0 aliphatic heterocycles. The lowest BCUT2D eigenvalue weighted by Crippen LogP contribution is -2.02. The fourth-order valence-corrected chi connectivity index (χ4v) is 0.831. The van der Waals surface area contributed by atoms with Crippen LogP contribution in [0.2, 0.25) is 0 Å². The maximum Gasteiger partial charge on any atom is 0.338 e. The van der Waals surface area contributed by atoms with Crippen LogP contribution in [0.4, 0.5) is 0 Å². The molecule has 13 heavy (non-hydrogen) atoms. The van der Waals surface area contributed by atoms with Gasteiger partial charge in [-0.25, -0.2) is 4.79 Å². The number of carbonyl (C=O) groups excluding carboxylic acids is 1. The zero-order valence-electron chi connectivity index (χ0n) is 7.27. The van der Waals surface area contributed by atoms with Crippen LogP contribution in [0.25, 0.3) is 0 Å². The molecule has 0 saturated heterocycles. The standard InChI is InChI=1S/C8H9NO4/c1-12-7-4-5(8(11)13-2)3-6(10)9-7/h3-4H,1-2H3,(H,9,10). The number of aromatic hydroxyl groups is 1. The predicted molar refractivity (Wildman–Crippen MR) is 43.8 cm³/mol. The number of methoxy groups -OCH3 is 2. The fourth-order valence-electron chi connectivity index (χ4n) is 0.831. The smallest absolute Gasteiger partial charge is 0.338 e. The van der Waals surface area contributed by atoms with E-state index < -0.39 is 5.97 Å². The van der Waals surface area contributed by atoms with Crippen molar-refractivity contribution in [3.05, 3.63) is 17.7 Å². The number of nitrogens with zero attached hydrogens (tertiary/aromatic N) is 1. The molecule has 1 rings (SSSR count). The molecule has 5 heteroatoms. The van der Waals surface area contributed by atoms with E-state index in [-0.39, 0.29) is 17.3 Å². The molecule has 0 aromatic carbocycles. The topological polar surface area (TPSA) is 68.7 Å². The molecule has 1 N–H and O–H groups in total. The molecule has 5 nitrogen and oxygen atoms in total. The van der Waals surface area contributed by atoms with Crippen molar-refractivity contribution in [2.75, 3.05) is 14.2 Å². The minimum atomic E-state index is -0.545. The van der Waals surface area contributed by atoms with Crippen molar-refractivity contribution >= 4 is 5.97 Å². The lowest BCUT2D eigenvalue weighted by atomic mass is 10.2. The monoisotopic (exact) mass is 183 g/mol. The van der Waals surface area contributed by atoms with E-state index in [1.54, 1.807) is 0 Å². The molecule has 0 fully saturated rings. The number of hydrogen-bond donors (Lipinski definition) is 1. The molecule has 70 valence electrons. The first-order chi connectivity index (χ1) is 6.17. The fraction of sp³-hybridized carbons (Fsp3) is 0.250. The molecule has 1 aromatic heterocycles. The number of carbonyl (C=O) groups is 1. The van der Waals surface area contributed by atoms with Gasteiger partial charge in [-0.15, -0.1) is 0 Å². The van der Waals surface area contributed by atoms with Gasteiger partial charge in [0.25, 0.3) is 0 Å². The van der Waals surface area contributed by atoms with Crippen LogP contribution < -0.4 is 4.74 Å². The predicted octanol–water partition coefficient (Wildman–Crippen LogP) is 0.582. The summed E-state index contributed by atoms with van der Waals surface area (Å²) in [7, 11) is 2.65. The Morgan fingerprint density at radius 3 is 2.69 bits per heavy atom. The average molecular weight is 183 g/mol. The molecule has 0 atom stereocenters. The summed E-state index contributed by atoms with van der Waals surface area (Å²) in [6.07, 6.45) is 0. The van der Waals surface area contributed by atoms with Gasteiger partial charge in [-0.05, 0) is 0 Å². The SMILES string of the molecule is COC(=O)c1cc(O)nc(OC)c1. The number of aromatic nitrogens is 1. The van der Waals surface area contributed by atoms with Gasteiger partial charge in [0.15, 0.2) is 0 Å². The summed E-state index contributed by atoms with van der Waals surface area (Å²) in [5, 5.41) is 9.07. The van der Waals surface area contributed by atoms with E-state index in [1.165, 1.54) is 26.4 Å². The second kappa shape index (κ2) is 3.75. The molecule has 0 radical (unpaired) electrons. The third kappa shape index (κ3) is 2.08. The first-order valence-electron chi connectivity index (χ1n) is 3.50. The maximum atomic E-state index is 11.0. The number of pyridine rings is 1. The van der Waals surface area contributed by atoms with Gasteiger partial charge < -0.3 is 14.6 Å². The van der Waals surface area contributed by atoms with Crippen LogP contribution in [0.5, 0.6) is 11.8 Å². The third-order valence-corrected chi connectivity index (χ3v) is 1.42. The van der Waals surface area contributed by atoms with Crippen molar-refractivity contribution in [3.63, 3.8) is 0 Å². The summed E-state index contributed by atoms with van der Waals surface area (Å²) in [6, 6.07) is 2.58. The van der Waals surface area contributed by atoms with Gasteiger partial charge >= 0.3 is 5.97 Å². The molecule has 0 spiro atoms. The van der Waals surface area contributed by atoms with Crippen LogP contribution in [0.15, 0.2) is 12.1 Å². The Bertz CT molecular complexity index is 324. The van der Waals surface area contributed by atoms with Crippen molar-refractivity contribution in [1.82, 2.24) is 4.98 Å². The Labute approximate surface area is 74.9 Å². The number of rotatable bonds is 2. The van der Waals surface area contributed by atoms with Crippen molar-refractivity contribution in [2.45, 2.75) is 0 Å². The molecule has 0 saturated carbocycles. The minimum Gasteiger partial charge on any atom is -0.493 e. The Kier molecular flexibility index (Phi) is 2.69. The Balaban J connectivity index is 3.08. The van der Waals surface area contributed by atoms with E-state index in [4.69, 9.17) is 9.84 Å². The van der Waals surface area contributed by atoms with Crippen LogP contribution in [-0.2, 0) is 4.74 Å². The zero-order valence-corrected chi connectivity index (χ0v) is 7.27. The largest absolute Gasteiger partial charge is 0.493 e. The van der Waals surface area contributed by atoms with E-state index >= 15 is 0 Å². The average Bonchev–Trinajstić information content (AvgIpc) is 2.15. The lowest BCUT2D eigenvalue weighted by molar-refractivity contribution is 0.0599. The van der Waals surface area contributed by atoms with Crippen molar-refractivity contribution in [1.29, 1.82) is 0 Å². The number of esters is 1. The first kappa shape index (κ1) is 9.31. The molecule has 0 bridgehead atoms. The molecule has 0 unspecified atom stereocenters. The minimum absolute atomic E-state index is 0.167. The third-order valence-electron chi connectivity index (χ3n) is 1.42. The van der Waals surface area contributed by atoms with Gasteiger partial charge in [0.2, 0.25) is 11.8 Å². The Morgan fingerprint density at radius 2 is 2.15 bits per heavy atom. The van der Waals surface area contributed by atoms with Gasteiger partial charge in [-0.3, -0.25) is 0 Å². The quantitative estimate of drug-likeness (QED) is 0.679. The molecule has 1 heterocycles. The van der Waals surface area contributed by atoms with Crippen molar-refractivity contribution < 1.29 is 19.4 Å². The second-order valence-electron chi connectivity index (χ2n) is 2.25. The number of hydrogen-bond acceptors (Lipinski definition) is 5. The van der Waals surface area contributed by atoms with E-state index in [9.17, 15) is 4.79 Å². The van der Waals surface area contributed by atoms with Crippen molar-refractivity contribution in [3.8, 4) is 11.8 Å². The second-order valence-corrected chi connectivity index (χ2v) is 2.25. The van der Waals surface area contributed by atoms with Crippen LogP contribution in [0, 0.1) is 0 Å². The highest BCUT2D eigenvalue weighted by Crippen LogP contribution is 2.16. The van der Waals surface area contributed by atoms with Crippen LogP contribution in [0.1, 0.15) is 10.4 Å². The van der Waals surface area contributed by atoms with Gasteiger partial charge in [0, 0.05) is 12.1 Å².